The van der Waals surface area contributed by atoms with Crippen LogP contribution in [0.5, 0.6) is 0 Å². The molecule has 3 aromatic rings. The first-order valence-electron chi connectivity index (χ1n) is 4.47. The van der Waals surface area contributed by atoms with Gasteiger partial charge in [-0.15, -0.1) is 6.07 Å². The van der Waals surface area contributed by atoms with Gasteiger partial charge in [-0.2, -0.15) is 18.2 Å². The van der Waals surface area contributed by atoms with Crippen molar-refractivity contribution in [1.82, 2.24) is 9.97 Å². The summed E-state index contributed by atoms with van der Waals surface area (Å²) in [5.41, 5.74) is 3.57. The Morgan fingerprint density at radius 3 is 2.27 bits per heavy atom. The van der Waals surface area contributed by atoms with Gasteiger partial charge in [-0.3, -0.25) is 4.98 Å². The van der Waals surface area contributed by atoms with Crippen LogP contribution in [0, 0.1) is 6.07 Å². The van der Waals surface area contributed by atoms with Gasteiger partial charge in [0.2, 0.25) is 0 Å². The van der Waals surface area contributed by atoms with Crippen molar-refractivity contribution in [2.45, 2.75) is 0 Å². The average Bonchev–Trinajstić information content (AvgIpc) is 2.26. The molecule has 0 aliphatic rings. The number of para-hydroxylation sites is 3. The molecule has 0 N–H and O–H groups in total. The third kappa shape index (κ3) is 1.75. The van der Waals surface area contributed by atoms with Gasteiger partial charge in [-0.1, -0.05) is 12.1 Å². The second kappa shape index (κ2) is 4.03. The van der Waals surface area contributed by atoms with Gasteiger partial charge in [-0.05, 0) is 23.2 Å². The maximum atomic E-state index is 4.48. The summed E-state index contributed by atoms with van der Waals surface area (Å²) in [5, 5.41) is 0. The van der Waals surface area contributed by atoms with Gasteiger partial charge < -0.3 is 4.98 Å². The SMILES string of the molecule is [Ru+].[c-]1cccc2nc3ccccc3nc12. The van der Waals surface area contributed by atoms with Crippen molar-refractivity contribution in [3.63, 3.8) is 0 Å². The van der Waals surface area contributed by atoms with E-state index < -0.39 is 0 Å². The first-order valence-corrected chi connectivity index (χ1v) is 4.47. The minimum Gasteiger partial charge on any atom is -0.309 e. The molecule has 1 heterocycles. The first-order chi connectivity index (χ1) is 6.93. The normalized spacial score (nSPS) is 10.1. The molecule has 0 spiro atoms. The van der Waals surface area contributed by atoms with Gasteiger partial charge in [0.15, 0.2) is 0 Å². The van der Waals surface area contributed by atoms with Gasteiger partial charge in [-0.25, -0.2) is 0 Å². The molecule has 0 aliphatic heterocycles. The Balaban J connectivity index is 0.000000853. The van der Waals surface area contributed by atoms with E-state index in [9.17, 15) is 0 Å². The molecular weight excluding hydrogens is 273 g/mol. The fourth-order valence-electron chi connectivity index (χ4n) is 1.50. The van der Waals surface area contributed by atoms with E-state index >= 15 is 0 Å². The molecule has 0 fully saturated rings. The number of aromatic nitrogens is 2. The molecule has 2 aromatic carbocycles. The average molecular weight is 280 g/mol. The predicted octanol–water partition coefficient (Wildman–Crippen LogP) is 2.58. The van der Waals surface area contributed by atoms with E-state index in [2.05, 4.69) is 16.0 Å². The van der Waals surface area contributed by atoms with E-state index in [1.54, 1.807) is 0 Å². The summed E-state index contributed by atoms with van der Waals surface area (Å²) in [7, 11) is 0. The molecule has 0 saturated heterocycles. The third-order valence-electron chi connectivity index (χ3n) is 2.17. The fourth-order valence-corrected chi connectivity index (χ4v) is 1.50. The van der Waals surface area contributed by atoms with Crippen LogP contribution in [0.1, 0.15) is 0 Å². The van der Waals surface area contributed by atoms with Gasteiger partial charge >= 0.3 is 19.5 Å². The smallest absolute Gasteiger partial charge is 0.309 e. The number of hydrogen-bond donors (Lipinski definition) is 0. The van der Waals surface area contributed by atoms with Crippen molar-refractivity contribution >= 4 is 22.1 Å². The van der Waals surface area contributed by atoms with E-state index in [1.165, 1.54) is 0 Å². The van der Waals surface area contributed by atoms with Gasteiger partial charge in [0.1, 0.15) is 0 Å². The Bertz CT molecular complexity index is 502. The molecule has 0 bridgehead atoms. The van der Waals surface area contributed by atoms with Crippen LogP contribution in [-0.4, -0.2) is 9.97 Å². The quantitative estimate of drug-likeness (QED) is 0.359. The molecule has 0 unspecified atom stereocenters. The monoisotopic (exact) mass is 281 g/mol. The van der Waals surface area contributed by atoms with Gasteiger partial charge in [0, 0.05) is 0 Å². The largest absolute Gasteiger partial charge is 1.00 e. The Hall–Kier alpha value is -1.34. The predicted molar refractivity (Wildman–Crippen MR) is 55.9 cm³/mol. The molecule has 0 saturated carbocycles. The van der Waals surface area contributed by atoms with Crippen molar-refractivity contribution in [1.29, 1.82) is 0 Å². The minimum atomic E-state index is 0. The fraction of sp³-hybridized carbons (Fsp3) is 0. The summed E-state index contributed by atoms with van der Waals surface area (Å²) < 4.78 is 0. The molecule has 3 heteroatoms. The first kappa shape index (κ1) is 10.2. The zero-order chi connectivity index (χ0) is 9.38. The second-order valence-electron chi connectivity index (χ2n) is 3.12. The molecular formula is C12H7N2Ru. The summed E-state index contributed by atoms with van der Waals surface area (Å²) in [6, 6.07) is 16.7. The topological polar surface area (TPSA) is 25.8 Å². The van der Waals surface area contributed by atoms with Crippen LogP contribution in [0.25, 0.3) is 22.1 Å². The maximum absolute atomic E-state index is 4.48. The van der Waals surface area contributed by atoms with Crippen molar-refractivity contribution in [2.75, 3.05) is 0 Å². The van der Waals surface area contributed by atoms with E-state index in [-0.39, 0.29) is 19.5 Å². The zero-order valence-corrected chi connectivity index (χ0v) is 9.53. The molecule has 0 amide bonds. The molecule has 0 aliphatic carbocycles. The zero-order valence-electron chi connectivity index (χ0n) is 7.79. The van der Waals surface area contributed by atoms with Crippen LogP contribution in [0.2, 0.25) is 0 Å². The van der Waals surface area contributed by atoms with Crippen molar-refractivity contribution in [3.05, 3.63) is 48.5 Å². The van der Waals surface area contributed by atoms with Crippen LogP contribution >= 0.6 is 0 Å². The molecule has 3 rings (SSSR count). The summed E-state index contributed by atoms with van der Waals surface area (Å²) in [4.78, 5) is 8.94. The number of rotatable bonds is 0. The standard InChI is InChI=1S/C12H7N2.Ru/c1-2-6-10-9(5-1)13-11-7-3-4-8-12(11)14-10;/h1-7H;/q-1;+1. The van der Waals surface area contributed by atoms with Crippen LogP contribution in [0.3, 0.4) is 0 Å². The van der Waals surface area contributed by atoms with E-state index in [0.29, 0.717) is 0 Å². The van der Waals surface area contributed by atoms with E-state index in [0.717, 1.165) is 22.1 Å². The molecule has 73 valence electrons. The van der Waals surface area contributed by atoms with Crippen molar-refractivity contribution in [2.24, 2.45) is 0 Å². The van der Waals surface area contributed by atoms with E-state index in [4.69, 9.17) is 0 Å². The van der Waals surface area contributed by atoms with Gasteiger partial charge in [0.05, 0.1) is 11.0 Å². The Labute approximate surface area is 100 Å². The molecule has 15 heavy (non-hydrogen) atoms. The van der Waals surface area contributed by atoms with Crippen LogP contribution < -0.4 is 0 Å². The summed E-state index contributed by atoms with van der Waals surface area (Å²) in [6.07, 6.45) is 0. The van der Waals surface area contributed by atoms with Crippen LogP contribution in [0.15, 0.2) is 42.5 Å². The summed E-state index contributed by atoms with van der Waals surface area (Å²) in [5.74, 6) is 0. The molecule has 1 radical (unpaired) electrons. The van der Waals surface area contributed by atoms with Crippen molar-refractivity contribution < 1.29 is 19.5 Å². The van der Waals surface area contributed by atoms with Crippen molar-refractivity contribution in [3.8, 4) is 0 Å². The Morgan fingerprint density at radius 2 is 1.47 bits per heavy atom. The number of benzene rings is 2. The van der Waals surface area contributed by atoms with Crippen LogP contribution in [0.4, 0.5) is 0 Å². The summed E-state index contributed by atoms with van der Waals surface area (Å²) >= 11 is 0. The molecule has 2 nitrogen and oxygen atoms in total. The molecule has 0 atom stereocenters. The van der Waals surface area contributed by atoms with Gasteiger partial charge in [0.25, 0.3) is 0 Å². The van der Waals surface area contributed by atoms with E-state index in [1.807, 2.05) is 42.5 Å². The Kier molecular flexibility index (Phi) is 2.74. The number of hydrogen-bond acceptors (Lipinski definition) is 2. The second-order valence-corrected chi connectivity index (χ2v) is 3.12. The number of fused-ring (bicyclic) bond motifs is 2. The summed E-state index contributed by atoms with van der Waals surface area (Å²) in [6.45, 7) is 0. The third-order valence-corrected chi connectivity index (χ3v) is 2.17. The Morgan fingerprint density at radius 1 is 0.800 bits per heavy atom. The van der Waals surface area contributed by atoms with Crippen LogP contribution in [-0.2, 0) is 19.5 Å². The minimum absolute atomic E-state index is 0. The number of nitrogens with zero attached hydrogens (tertiary/aromatic N) is 2. The molecule has 1 aromatic heterocycles. The maximum Gasteiger partial charge on any atom is 1.00 e.